The van der Waals surface area contributed by atoms with Gasteiger partial charge in [0.25, 0.3) is 0 Å². The van der Waals surface area contributed by atoms with Crippen LogP contribution in [-0.2, 0) is 6.42 Å². The van der Waals surface area contributed by atoms with Gasteiger partial charge in [-0.15, -0.1) is 0 Å². The van der Waals surface area contributed by atoms with Crippen molar-refractivity contribution in [1.29, 1.82) is 5.26 Å². The Bertz CT molecular complexity index is 775. The first kappa shape index (κ1) is 13.0. The Morgan fingerprint density at radius 2 is 1.57 bits per heavy atom. The number of hydrogen-bond donors (Lipinski definition) is 0. The third kappa shape index (κ3) is 2.65. The standard InChI is InChI=1S/C18H13N3/c19-9-8-14-4-1-7-17(15-5-2-10-20-12-15)18(14)16-6-3-11-21-13-16/h1-7,10-13H,8H2. The maximum Gasteiger partial charge on any atom is 0.0669 e. The molecule has 0 saturated heterocycles. The quantitative estimate of drug-likeness (QED) is 0.726. The van der Waals surface area contributed by atoms with Crippen molar-refractivity contribution in [2.24, 2.45) is 0 Å². The molecular weight excluding hydrogens is 258 g/mol. The van der Waals surface area contributed by atoms with E-state index in [9.17, 15) is 0 Å². The topological polar surface area (TPSA) is 49.6 Å². The van der Waals surface area contributed by atoms with E-state index in [2.05, 4.69) is 22.1 Å². The first-order valence-corrected chi connectivity index (χ1v) is 6.70. The molecule has 3 nitrogen and oxygen atoms in total. The molecule has 0 N–H and O–H groups in total. The number of benzene rings is 1. The molecule has 0 atom stereocenters. The summed E-state index contributed by atoms with van der Waals surface area (Å²) in [4.78, 5) is 8.39. The van der Waals surface area contributed by atoms with E-state index in [0.717, 1.165) is 27.8 Å². The number of hydrogen-bond acceptors (Lipinski definition) is 3. The van der Waals surface area contributed by atoms with Crippen LogP contribution in [0.25, 0.3) is 22.3 Å². The van der Waals surface area contributed by atoms with Crippen LogP contribution in [0.4, 0.5) is 0 Å². The fraction of sp³-hybridized carbons (Fsp3) is 0.0556. The number of rotatable bonds is 3. The van der Waals surface area contributed by atoms with Gasteiger partial charge >= 0.3 is 0 Å². The van der Waals surface area contributed by atoms with E-state index in [1.54, 1.807) is 12.4 Å². The lowest BCUT2D eigenvalue weighted by atomic mass is 9.91. The molecule has 0 amide bonds. The summed E-state index contributed by atoms with van der Waals surface area (Å²) in [5.74, 6) is 0. The van der Waals surface area contributed by atoms with Gasteiger partial charge in [-0.2, -0.15) is 5.26 Å². The number of nitriles is 1. The van der Waals surface area contributed by atoms with Crippen molar-refractivity contribution in [3.05, 3.63) is 72.8 Å². The minimum absolute atomic E-state index is 0.373. The van der Waals surface area contributed by atoms with Crippen molar-refractivity contribution in [3.8, 4) is 28.3 Å². The smallest absolute Gasteiger partial charge is 0.0669 e. The van der Waals surface area contributed by atoms with Crippen LogP contribution in [0.1, 0.15) is 5.56 Å². The summed E-state index contributed by atoms with van der Waals surface area (Å²) in [6.07, 6.45) is 7.55. The Labute approximate surface area is 123 Å². The highest BCUT2D eigenvalue weighted by Crippen LogP contribution is 2.34. The van der Waals surface area contributed by atoms with Gasteiger partial charge in [0.05, 0.1) is 12.5 Å². The predicted molar refractivity (Wildman–Crippen MR) is 82.2 cm³/mol. The van der Waals surface area contributed by atoms with E-state index in [1.807, 2.05) is 48.8 Å². The van der Waals surface area contributed by atoms with Crippen LogP contribution >= 0.6 is 0 Å². The van der Waals surface area contributed by atoms with E-state index in [0.29, 0.717) is 6.42 Å². The van der Waals surface area contributed by atoms with Gasteiger partial charge in [0.15, 0.2) is 0 Å². The average Bonchev–Trinajstić information content (AvgIpc) is 2.56. The third-order valence-electron chi connectivity index (χ3n) is 3.34. The van der Waals surface area contributed by atoms with Gasteiger partial charge in [-0.25, -0.2) is 0 Å². The van der Waals surface area contributed by atoms with E-state index in [1.165, 1.54) is 0 Å². The first-order chi connectivity index (χ1) is 10.4. The molecule has 0 bridgehead atoms. The van der Waals surface area contributed by atoms with Gasteiger partial charge in [-0.3, -0.25) is 9.97 Å². The molecule has 2 aromatic heterocycles. The molecule has 0 unspecified atom stereocenters. The zero-order chi connectivity index (χ0) is 14.5. The van der Waals surface area contributed by atoms with Crippen molar-refractivity contribution in [1.82, 2.24) is 9.97 Å². The first-order valence-electron chi connectivity index (χ1n) is 6.70. The minimum atomic E-state index is 0.373. The second-order valence-corrected chi connectivity index (χ2v) is 4.66. The Morgan fingerprint density at radius 3 is 2.19 bits per heavy atom. The summed E-state index contributed by atoms with van der Waals surface area (Å²) in [5.41, 5.74) is 5.19. The van der Waals surface area contributed by atoms with E-state index >= 15 is 0 Å². The Hall–Kier alpha value is -2.99. The Balaban J connectivity index is 2.26. The second-order valence-electron chi connectivity index (χ2n) is 4.66. The minimum Gasteiger partial charge on any atom is -0.264 e. The van der Waals surface area contributed by atoms with Gasteiger partial charge in [0.2, 0.25) is 0 Å². The van der Waals surface area contributed by atoms with Crippen molar-refractivity contribution in [3.63, 3.8) is 0 Å². The van der Waals surface area contributed by atoms with Crippen molar-refractivity contribution >= 4 is 0 Å². The van der Waals surface area contributed by atoms with Crippen LogP contribution in [0.5, 0.6) is 0 Å². The largest absolute Gasteiger partial charge is 0.264 e. The molecule has 0 aliphatic heterocycles. The molecule has 21 heavy (non-hydrogen) atoms. The van der Waals surface area contributed by atoms with Crippen LogP contribution in [0, 0.1) is 11.3 Å². The van der Waals surface area contributed by atoms with Gasteiger partial charge in [-0.05, 0) is 28.8 Å². The van der Waals surface area contributed by atoms with Crippen molar-refractivity contribution < 1.29 is 0 Å². The summed E-state index contributed by atoms with van der Waals surface area (Å²) in [5, 5.41) is 9.07. The number of nitrogens with zero attached hydrogens (tertiary/aromatic N) is 3. The summed E-state index contributed by atoms with van der Waals surface area (Å²) >= 11 is 0. The Morgan fingerprint density at radius 1 is 0.857 bits per heavy atom. The normalized spacial score (nSPS) is 10.0. The molecule has 3 aromatic rings. The summed E-state index contributed by atoms with van der Waals surface area (Å²) in [6, 6.07) is 16.1. The molecule has 100 valence electrons. The molecule has 0 fully saturated rings. The SMILES string of the molecule is N#CCc1cccc(-c2cccnc2)c1-c1cccnc1. The van der Waals surface area contributed by atoms with Crippen LogP contribution in [-0.4, -0.2) is 9.97 Å². The van der Waals surface area contributed by atoms with Crippen LogP contribution < -0.4 is 0 Å². The van der Waals surface area contributed by atoms with Crippen molar-refractivity contribution in [2.45, 2.75) is 6.42 Å². The molecule has 3 heteroatoms. The highest BCUT2D eigenvalue weighted by molar-refractivity contribution is 5.85. The average molecular weight is 271 g/mol. The Kier molecular flexibility index (Phi) is 3.70. The molecule has 0 radical (unpaired) electrons. The maximum atomic E-state index is 9.07. The monoisotopic (exact) mass is 271 g/mol. The molecule has 1 aromatic carbocycles. The van der Waals surface area contributed by atoms with E-state index in [4.69, 9.17) is 5.26 Å². The second kappa shape index (κ2) is 5.98. The fourth-order valence-corrected chi connectivity index (χ4v) is 2.45. The van der Waals surface area contributed by atoms with Gasteiger partial charge in [0.1, 0.15) is 0 Å². The summed E-state index contributed by atoms with van der Waals surface area (Å²) < 4.78 is 0. The highest BCUT2D eigenvalue weighted by atomic mass is 14.6. The van der Waals surface area contributed by atoms with Gasteiger partial charge < -0.3 is 0 Å². The number of pyridine rings is 2. The van der Waals surface area contributed by atoms with Crippen molar-refractivity contribution in [2.75, 3.05) is 0 Å². The molecular formula is C18H13N3. The highest BCUT2D eigenvalue weighted by Gasteiger charge is 2.12. The lowest BCUT2D eigenvalue weighted by Gasteiger charge is -2.13. The molecule has 0 aliphatic carbocycles. The number of aromatic nitrogens is 2. The third-order valence-corrected chi connectivity index (χ3v) is 3.34. The molecule has 0 aliphatic rings. The molecule has 2 heterocycles. The zero-order valence-corrected chi connectivity index (χ0v) is 11.4. The fourth-order valence-electron chi connectivity index (χ4n) is 2.45. The van der Waals surface area contributed by atoms with E-state index in [-0.39, 0.29) is 0 Å². The van der Waals surface area contributed by atoms with Crippen LogP contribution in [0.3, 0.4) is 0 Å². The van der Waals surface area contributed by atoms with Gasteiger partial charge in [0, 0.05) is 35.9 Å². The van der Waals surface area contributed by atoms with Gasteiger partial charge in [-0.1, -0.05) is 30.3 Å². The predicted octanol–water partition coefficient (Wildman–Crippen LogP) is 3.88. The molecule has 3 rings (SSSR count). The molecule has 0 spiro atoms. The lowest BCUT2D eigenvalue weighted by Crippen LogP contribution is -1.93. The summed E-state index contributed by atoms with van der Waals surface area (Å²) in [6.45, 7) is 0. The lowest BCUT2D eigenvalue weighted by molar-refractivity contribution is 1.25. The maximum absolute atomic E-state index is 9.07. The zero-order valence-electron chi connectivity index (χ0n) is 11.4. The van der Waals surface area contributed by atoms with E-state index < -0.39 is 0 Å². The summed E-state index contributed by atoms with van der Waals surface area (Å²) in [7, 11) is 0. The van der Waals surface area contributed by atoms with Crippen LogP contribution in [0.15, 0.2) is 67.3 Å². The molecule has 0 saturated carbocycles. The van der Waals surface area contributed by atoms with Crippen LogP contribution in [0.2, 0.25) is 0 Å².